The number of ether oxygens (including phenoxy) is 1. The van der Waals surface area contributed by atoms with Crippen molar-refractivity contribution in [2.45, 2.75) is 32.4 Å². The lowest BCUT2D eigenvalue weighted by molar-refractivity contribution is -0.0497. The summed E-state index contributed by atoms with van der Waals surface area (Å²) in [6, 6.07) is 5.14. The minimum Gasteiger partial charge on any atom is -0.435 e. The highest BCUT2D eigenvalue weighted by molar-refractivity contribution is 5.89. The normalized spacial score (nSPS) is 13.7. The van der Waals surface area contributed by atoms with Gasteiger partial charge in [-0.05, 0) is 25.5 Å². The summed E-state index contributed by atoms with van der Waals surface area (Å²) < 4.78 is 28.4. The molecule has 0 heterocycles. The van der Waals surface area contributed by atoms with Gasteiger partial charge in [-0.2, -0.15) is 8.78 Å². The van der Waals surface area contributed by atoms with Gasteiger partial charge in [0.15, 0.2) is 0 Å². The van der Waals surface area contributed by atoms with E-state index in [2.05, 4.69) is 15.4 Å². The van der Waals surface area contributed by atoms with E-state index in [1.54, 1.807) is 13.0 Å². The molecular formula is C13H18F2N2O3. The fourth-order valence-electron chi connectivity index (χ4n) is 1.43. The average molecular weight is 288 g/mol. The van der Waals surface area contributed by atoms with Crippen LogP contribution in [0.1, 0.15) is 20.3 Å². The molecule has 112 valence electrons. The molecule has 2 amide bonds. The van der Waals surface area contributed by atoms with Crippen LogP contribution in [-0.4, -0.2) is 29.9 Å². The lowest BCUT2D eigenvalue weighted by Crippen LogP contribution is -2.50. The SMILES string of the molecule is CCC(C)(CO)NC(=O)Nc1cccc(OC(F)F)c1. The first-order valence-electron chi connectivity index (χ1n) is 6.13. The number of rotatable bonds is 6. The number of benzene rings is 1. The molecule has 20 heavy (non-hydrogen) atoms. The van der Waals surface area contributed by atoms with E-state index >= 15 is 0 Å². The van der Waals surface area contributed by atoms with Gasteiger partial charge >= 0.3 is 12.6 Å². The third kappa shape index (κ3) is 5.00. The van der Waals surface area contributed by atoms with Gasteiger partial charge in [0, 0.05) is 11.8 Å². The van der Waals surface area contributed by atoms with Crippen molar-refractivity contribution in [3.63, 3.8) is 0 Å². The van der Waals surface area contributed by atoms with Gasteiger partial charge < -0.3 is 20.5 Å². The lowest BCUT2D eigenvalue weighted by Gasteiger charge is -2.27. The minimum atomic E-state index is -2.92. The van der Waals surface area contributed by atoms with Crippen LogP contribution in [0.25, 0.3) is 0 Å². The zero-order valence-electron chi connectivity index (χ0n) is 11.3. The Morgan fingerprint density at radius 1 is 1.50 bits per heavy atom. The Morgan fingerprint density at radius 3 is 2.75 bits per heavy atom. The Kier molecular flexibility index (Phi) is 5.69. The van der Waals surface area contributed by atoms with E-state index in [1.165, 1.54) is 18.2 Å². The van der Waals surface area contributed by atoms with Gasteiger partial charge in [-0.15, -0.1) is 0 Å². The molecule has 0 aliphatic heterocycles. The van der Waals surface area contributed by atoms with Crippen molar-refractivity contribution in [3.05, 3.63) is 24.3 Å². The van der Waals surface area contributed by atoms with Crippen LogP contribution in [-0.2, 0) is 0 Å². The minimum absolute atomic E-state index is 0.0433. The number of alkyl halides is 2. The molecule has 0 saturated heterocycles. The quantitative estimate of drug-likeness (QED) is 0.753. The van der Waals surface area contributed by atoms with Crippen LogP contribution in [0.4, 0.5) is 19.3 Å². The predicted octanol–water partition coefficient (Wildman–Crippen LogP) is 2.57. The first-order chi connectivity index (χ1) is 9.38. The summed E-state index contributed by atoms with van der Waals surface area (Å²) in [5, 5.41) is 14.3. The molecule has 1 unspecified atom stereocenters. The second-order valence-corrected chi connectivity index (χ2v) is 4.56. The summed E-state index contributed by atoms with van der Waals surface area (Å²) in [5.41, 5.74) is -0.418. The zero-order chi connectivity index (χ0) is 15.2. The summed E-state index contributed by atoms with van der Waals surface area (Å²) in [5.74, 6) is -0.0433. The smallest absolute Gasteiger partial charge is 0.387 e. The van der Waals surface area contributed by atoms with E-state index in [9.17, 15) is 18.7 Å². The number of aliphatic hydroxyl groups excluding tert-OH is 1. The monoisotopic (exact) mass is 288 g/mol. The molecule has 1 aromatic rings. The number of amides is 2. The van der Waals surface area contributed by atoms with Crippen molar-refractivity contribution in [1.29, 1.82) is 0 Å². The van der Waals surface area contributed by atoms with Crippen molar-refractivity contribution in [2.75, 3.05) is 11.9 Å². The molecule has 5 nitrogen and oxygen atoms in total. The van der Waals surface area contributed by atoms with Crippen LogP contribution in [0.5, 0.6) is 5.75 Å². The highest BCUT2D eigenvalue weighted by Crippen LogP contribution is 2.19. The molecule has 0 bridgehead atoms. The molecule has 0 fully saturated rings. The number of halogens is 2. The molecular weight excluding hydrogens is 270 g/mol. The zero-order valence-corrected chi connectivity index (χ0v) is 11.3. The van der Waals surface area contributed by atoms with Crippen LogP contribution in [0.3, 0.4) is 0 Å². The highest BCUT2D eigenvalue weighted by Gasteiger charge is 2.23. The molecule has 1 atom stereocenters. The summed E-state index contributed by atoms with van der Waals surface area (Å²) in [4.78, 5) is 11.8. The molecule has 0 spiro atoms. The third-order valence-electron chi connectivity index (χ3n) is 2.86. The number of hydrogen-bond acceptors (Lipinski definition) is 3. The Morgan fingerprint density at radius 2 is 2.20 bits per heavy atom. The first kappa shape index (κ1) is 16.2. The van der Waals surface area contributed by atoms with E-state index < -0.39 is 18.2 Å². The predicted molar refractivity (Wildman–Crippen MR) is 71.0 cm³/mol. The van der Waals surface area contributed by atoms with Crippen LogP contribution in [0.2, 0.25) is 0 Å². The van der Waals surface area contributed by atoms with Crippen LogP contribution in [0, 0.1) is 0 Å². The number of urea groups is 1. The number of aliphatic hydroxyl groups is 1. The average Bonchev–Trinajstić information content (AvgIpc) is 2.38. The number of nitrogens with one attached hydrogen (secondary N) is 2. The lowest BCUT2D eigenvalue weighted by atomic mass is 10.0. The maximum absolute atomic E-state index is 12.1. The van der Waals surface area contributed by atoms with Crippen molar-refractivity contribution < 1.29 is 23.4 Å². The Hall–Kier alpha value is -1.89. The van der Waals surface area contributed by atoms with Crippen molar-refractivity contribution in [2.24, 2.45) is 0 Å². The largest absolute Gasteiger partial charge is 0.435 e. The second-order valence-electron chi connectivity index (χ2n) is 4.56. The van der Waals surface area contributed by atoms with Gasteiger partial charge in [0.2, 0.25) is 0 Å². The van der Waals surface area contributed by atoms with Gasteiger partial charge in [-0.1, -0.05) is 13.0 Å². The summed E-state index contributed by atoms with van der Waals surface area (Å²) in [6.07, 6.45) is 0.547. The van der Waals surface area contributed by atoms with E-state index in [0.29, 0.717) is 12.1 Å². The van der Waals surface area contributed by atoms with E-state index in [0.717, 1.165) is 0 Å². The topological polar surface area (TPSA) is 70.6 Å². The van der Waals surface area contributed by atoms with Crippen LogP contribution < -0.4 is 15.4 Å². The molecule has 0 saturated carbocycles. The molecule has 1 rings (SSSR count). The van der Waals surface area contributed by atoms with Crippen molar-refractivity contribution in [1.82, 2.24) is 5.32 Å². The standard InChI is InChI=1S/C13H18F2N2O3/c1-3-13(2,8-18)17-12(19)16-9-5-4-6-10(7-9)20-11(14)15/h4-7,11,18H,3,8H2,1-2H3,(H2,16,17,19). The van der Waals surface area contributed by atoms with E-state index in [-0.39, 0.29) is 12.4 Å². The van der Waals surface area contributed by atoms with E-state index in [1.807, 2.05) is 6.92 Å². The maximum atomic E-state index is 12.1. The van der Waals surface area contributed by atoms with Gasteiger partial charge in [0.05, 0.1) is 12.1 Å². The Balaban J connectivity index is 2.66. The number of anilines is 1. The molecule has 0 aliphatic rings. The fraction of sp³-hybridized carbons (Fsp3) is 0.462. The Labute approximate surface area is 115 Å². The summed E-state index contributed by atoms with van der Waals surface area (Å²) >= 11 is 0. The fourth-order valence-corrected chi connectivity index (χ4v) is 1.43. The van der Waals surface area contributed by atoms with Gasteiger partial charge in [0.1, 0.15) is 5.75 Å². The highest BCUT2D eigenvalue weighted by atomic mass is 19.3. The molecule has 1 aromatic carbocycles. The summed E-state index contributed by atoms with van der Waals surface area (Å²) in [6.45, 7) is 0.402. The van der Waals surface area contributed by atoms with Crippen LogP contribution in [0.15, 0.2) is 24.3 Å². The Bertz CT molecular complexity index is 451. The van der Waals surface area contributed by atoms with Crippen molar-refractivity contribution in [3.8, 4) is 5.75 Å². The molecule has 7 heteroatoms. The molecule has 0 radical (unpaired) electrons. The number of hydrogen-bond donors (Lipinski definition) is 3. The van der Waals surface area contributed by atoms with Crippen LogP contribution >= 0.6 is 0 Å². The number of carbonyl (C=O) groups is 1. The van der Waals surface area contributed by atoms with Gasteiger partial charge in [0.25, 0.3) is 0 Å². The number of carbonyl (C=O) groups excluding carboxylic acids is 1. The van der Waals surface area contributed by atoms with Crippen molar-refractivity contribution >= 4 is 11.7 Å². The van der Waals surface area contributed by atoms with Gasteiger partial charge in [-0.3, -0.25) is 0 Å². The first-order valence-corrected chi connectivity index (χ1v) is 6.13. The maximum Gasteiger partial charge on any atom is 0.387 e. The molecule has 0 aliphatic carbocycles. The van der Waals surface area contributed by atoms with E-state index in [4.69, 9.17) is 0 Å². The third-order valence-corrected chi connectivity index (χ3v) is 2.86. The van der Waals surface area contributed by atoms with Gasteiger partial charge in [-0.25, -0.2) is 4.79 Å². The second kappa shape index (κ2) is 7.04. The molecule has 0 aromatic heterocycles. The summed E-state index contributed by atoms with van der Waals surface area (Å²) in [7, 11) is 0. The molecule has 3 N–H and O–H groups in total.